The van der Waals surface area contributed by atoms with Crippen molar-refractivity contribution in [2.45, 2.75) is 11.8 Å². The Kier molecular flexibility index (Phi) is 5.98. The van der Waals surface area contributed by atoms with Gasteiger partial charge in [0.05, 0.1) is 6.54 Å². The zero-order chi connectivity index (χ0) is 17.7. The van der Waals surface area contributed by atoms with Gasteiger partial charge in [0, 0.05) is 28.4 Å². The molecule has 0 saturated carbocycles. The molecule has 1 unspecified atom stereocenters. The zero-order valence-electron chi connectivity index (χ0n) is 12.6. The normalized spacial score (nSPS) is 21.0. The molecule has 24 heavy (non-hydrogen) atoms. The minimum atomic E-state index is -1.36. The summed E-state index contributed by atoms with van der Waals surface area (Å²) >= 11 is 1.14. The molecule has 10 nitrogen and oxygen atoms in total. The number of carbonyl (C=O) groups is 2. The van der Waals surface area contributed by atoms with Crippen LogP contribution < -0.4 is 11.1 Å². The van der Waals surface area contributed by atoms with Crippen molar-refractivity contribution in [3.63, 3.8) is 0 Å². The second kappa shape index (κ2) is 7.97. The molecule has 2 heterocycles. The molecular weight excluding hydrogens is 358 g/mol. The molecule has 130 valence electrons. The van der Waals surface area contributed by atoms with Crippen LogP contribution in [0.1, 0.15) is 12.1 Å². The number of thiazole rings is 1. The third-order valence-electron chi connectivity index (χ3n) is 2.99. The summed E-state index contributed by atoms with van der Waals surface area (Å²) in [7, 11) is -0.0788. The lowest BCUT2D eigenvalue weighted by atomic mass is 10.2. The second-order valence-electron chi connectivity index (χ2n) is 4.57. The van der Waals surface area contributed by atoms with Crippen LogP contribution in [0, 0.1) is 0 Å². The molecule has 1 aromatic heterocycles. The van der Waals surface area contributed by atoms with Crippen molar-refractivity contribution in [2.75, 3.05) is 25.1 Å². The number of nitrogen functional groups attached to an aromatic ring is 1. The molecule has 1 aliphatic rings. The average molecular weight is 373 g/mol. The van der Waals surface area contributed by atoms with Gasteiger partial charge in [-0.3, -0.25) is 14.0 Å². The number of hydrogen-bond acceptors (Lipinski definition) is 9. The van der Waals surface area contributed by atoms with Gasteiger partial charge in [-0.15, -0.1) is 11.3 Å². The lowest BCUT2D eigenvalue weighted by molar-refractivity contribution is -0.129. The van der Waals surface area contributed by atoms with Gasteiger partial charge in [0.15, 0.2) is 10.8 Å². The van der Waals surface area contributed by atoms with Gasteiger partial charge >= 0.3 is 5.97 Å². The quantitative estimate of drug-likeness (QED) is 0.435. The topological polar surface area (TPSA) is 156 Å². The standard InChI is InChI=1S/C12H15N5O5S2/c1-22-17-9(7-5-23-12(13)16-7)10(18)14-4-8-15-6(11(19)20)2-3-24(8)21/h5,8H,2-4H2,1H3,(H2,13,16)(H,14,18)(H,19,20)/b17-9-/t8-,24?/m0/s1. The average Bonchev–Trinajstić information content (AvgIpc) is 2.97. The van der Waals surface area contributed by atoms with Crippen LogP contribution in [0.3, 0.4) is 0 Å². The maximum atomic E-state index is 12.2. The summed E-state index contributed by atoms with van der Waals surface area (Å²) in [6, 6.07) is 0. The molecule has 0 fully saturated rings. The van der Waals surface area contributed by atoms with E-state index in [9.17, 15) is 13.8 Å². The molecule has 0 bridgehead atoms. The van der Waals surface area contributed by atoms with Crippen molar-refractivity contribution >= 4 is 50.6 Å². The van der Waals surface area contributed by atoms with Crippen molar-refractivity contribution in [3.05, 3.63) is 11.1 Å². The monoisotopic (exact) mass is 373 g/mol. The van der Waals surface area contributed by atoms with Crippen LogP contribution >= 0.6 is 11.3 Å². The van der Waals surface area contributed by atoms with Gasteiger partial charge in [-0.05, 0) is 0 Å². The Morgan fingerprint density at radius 1 is 1.62 bits per heavy atom. The van der Waals surface area contributed by atoms with Crippen LogP contribution in [0.5, 0.6) is 0 Å². The molecule has 12 heteroatoms. The van der Waals surface area contributed by atoms with Gasteiger partial charge in [-0.1, -0.05) is 5.16 Å². The second-order valence-corrected chi connectivity index (χ2v) is 7.18. The lowest BCUT2D eigenvalue weighted by Crippen LogP contribution is -2.41. The van der Waals surface area contributed by atoms with E-state index in [-0.39, 0.29) is 41.0 Å². The molecule has 2 atom stereocenters. The number of aliphatic carboxylic acids is 1. The molecule has 0 spiro atoms. The number of carboxylic acids is 1. The third-order valence-corrected chi connectivity index (χ3v) is 5.15. The van der Waals surface area contributed by atoms with Crippen molar-refractivity contribution in [3.8, 4) is 0 Å². The fraction of sp³-hybridized carbons (Fsp3) is 0.417. The number of aliphatic imine (C=N–C) groups is 1. The third kappa shape index (κ3) is 4.35. The Balaban J connectivity index is 2.08. The van der Waals surface area contributed by atoms with Crippen molar-refractivity contribution in [2.24, 2.45) is 10.1 Å². The molecule has 4 N–H and O–H groups in total. The van der Waals surface area contributed by atoms with Gasteiger partial charge in [0.1, 0.15) is 23.9 Å². The van der Waals surface area contributed by atoms with Crippen LogP contribution in [0.4, 0.5) is 5.13 Å². The molecule has 0 aromatic carbocycles. The number of nitrogens with zero attached hydrogens (tertiary/aromatic N) is 3. The lowest BCUT2D eigenvalue weighted by Gasteiger charge is -2.18. The van der Waals surface area contributed by atoms with Crippen LogP contribution in [0.25, 0.3) is 0 Å². The Bertz CT molecular complexity index is 729. The van der Waals surface area contributed by atoms with Crippen molar-refractivity contribution in [1.82, 2.24) is 10.3 Å². The summed E-state index contributed by atoms with van der Waals surface area (Å²) in [5.74, 6) is -1.58. The number of aromatic nitrogens is 1. The summed E-state index contributed by atoms with van der Waals surface area (Å²) in [6.07, 6.45) is 0.140. The van der Waals surface area contributed by atoms with E-state index >= 15 is 0 Å². The minimum absolute atomic E-state index is 0.0492. The minimum Gasteiger partial charge on any atom is -0.477 e. The van der Waals surface area contributed by atoms with Crippen LogP contribution in [0.15, 0.2) is 15.5 Å². The predicted octanol–water partition coefficient (Wildman–Crippen LogP) is -0.804. The number of anilines is 1. The molecule has 1 aliphatic heterocycles. The summed E-state index contributed by atoms with van der Waals surface area (Å²) in [6.45, 7) is -0.0927. The highest BCUT2D eigenvalue weighted by Gasteiger charge is 2.27. The Labute approximate surface area is 143 Å². The first-order valence-corrected chi connectivity index (χ1v) is 8.96. The van der Waals surface area contributed by atoms with E-state index in [0.29, 0.717) is 0 Å². The van der Waals surface area contributed by atoms with Crippen LogP contribution in [-0.2, 0) is 25.2 Å². The number of hydrogen-bond donors (Lipinski definition) is 3. The molecule has 0 saturated heterocycles. The fourth-order valence-electron chi connectivity index (χ4n) is 1.89. The summed E-state index contributed by atoms with van der Waals surface area (Å²) in [4.78, 5) is 35.7. The van der Waals surface area contributed by atoms with E-state index in [1.165, 1.54) is 7.11 Å². The highest BCUT2D eigenvalue weighted by molar-refractivity contribution is 7.85. The van der Waals surface area contributed by atoms with Gasteiger partial charge < -0.3 is 21.0 Å². The van der Waals surface area contributed by atoms with E-state index in [1.807, 2.05) is 0 Å². The number of amides is 1. The summed E-state index contributed by atoms with van der Waals surface area (Å²) in [5, 5.41) is 16.1. The summed E-state index contributed by atoms with van der Waals surface area (Å²) in [5.41, 5.74) is 5.64. The first-order chi connectivity index (χ1) is 11.4. The predicted molar refractivity (Wildman–Crippen MR) is 89.6 cm³/mol. The smallest absolute Gasteiger partial charge is 0.349 e. The van der Waals surface area contributed by atoms with Crippen LogP contribution in [0.2, 0.25) is 0 Å². The van der Waals surface area contributed by atoms with E-state index in [1.54, 1.807) is 5.38 Å². The summed E-state index contributed by atoms with van der Waals surface area (Å²) < 4.78 is 11.9. The largest absolute Gasteiger partial charge is 0.477 e. The maximum Gasteiger partial charge on any atom is 0.349 e. The Morgan fingerprint density at radius 3 is 2.96 bits per heavy atom. The number of nitrogens with one attached hydrogen (secondary N) is 1. The van der Waals surface area contributed by atoms with Gasteiger partial charge in [-0.2, -0.15) is 0 Å². The number of rotatable bonds is 6. The van der Waals surface area contributed by atoms with Gasteiger partial charge in [-0.25, -0.2) is 9.78 Å². The van der Waals surface area contributed by atoms with Gasteiger partial charge in [0.2, 0.25) is 0 Å². The molecule has 1 amide bonds. The Hall–Kier alpha value is -2.34. The fourth-order valence-corrected chi connectivity index (χ4v) is 3.62. The van der Waals surface area contributed by atoms with E-state index in [4.69, 9.17) is 10.8 Å². The number of carboxylic acid groups (broad SMARTS) is 1. The highest BCUT2D eigenvalue weighted by Crippen LogP contribution is 2.13. The van der Waals surface area contributed by atoms with Crippen LogP contribution in [-0.4, -0.2) is 62.4 Å². The maximum absolute atomic E-state index is 12.2. The number of carbonyl (C=O) groups excluding carboxylic acids is 1. The van der Waals surface area contributed by atoms with Crippen molar-refractivity contribution in [1.29, 1.82) is 0 Å². The molecule has 0 radical (unpaired) electrons. The molecular formula is C12H15N5O5S2. The first-order valence-electron chi connectivity index (χ1n) is 6.70. The molecule has 0 aliphatic carbocycles. The highest BCUT2D eigenvalue weighted by atomic mass is 32.2. The van der Waals surface area contributed by atoms with E-state index in [2.05, 4.69) is 25.3 Å². The molecule has 1 aromatic rings. The van der Waals surface area contributed by atoms with Gasteiger partial charge in [0.25, 0.3) is 5.91 Å². The van der Waals surface area contributed by atoms with Crippen molar-refractivity contribution < 1.29 is 23.7 Å². The zero-order valence-corrected chi connectivity index (χ0v) is 14.2. The number of nitrogens with two attached hydrogens (primary N) is 1. The van der Waals surface area contributed by atoms with E-state index < -0.39 is 28.0 Å². The van der Waals surface area contributed by atoms with E-state index in [0.717, 1.165) is 11.3 Å². The SMILES string of the molecule is CO/N=C(\C(=O)NC[C@H]1N=C(C(=O)O)CCS1=O)c1csc(N)n1. The first kappa shape index (κ1) is 18.0. The Morgan fingerprint density at radius 2 is 2.38 bits per heavy atom. The number of oxime groups is 1. The molecule has 2 rings (SSSR count).